The molecule has 0 saturated heterocycles. The lowest BCUT2D eigenvalue weighted by atomic mass is 10.3. The molecule has 0 saturated carbocycles. The van der Waals surface area contributed by atoms with Crippen LogP contribution in [-0.2, 0) is 13.6 Å². The molecule has 1 N–H and O–H groups in total. The summed E-state index contributed by atoms with van der Waals surface area (Å²) < 4.78 is 1.79. The monoisotopic (exact) mass is 188 g/mol. The van der Waals surface area contributed by atoms with E-state index in [0.717, 1.165) is 18.1 Å². The van der Waals surface area contributed by atoms with Gasteiger partial charge in [-0.2, -0.15) is 5.10 Å². The first kappa shape index (κ1) is 8.74. The van der Waals surface area contributed by atoms with Crippen molar-refractivity contribution in [1.82, 2.24) is 14.8 Å². The molecule has 0 amide bonds. The average Bonchev–Trinajstić information content (AvgIpc) is 2.63. The van der Waals surface area contributed by atoms with Gasteiger partial charge in [0.1, 0.15) is 5.82 Å². The fourth-order valence-corrected chi connectivity index (χ4v) is 1.23. The molecule has 14 heavy (non-hydrogen) atoms. The summed E-state index contributed by atoms with van der Waals surface area (Å²) >= 11 is 0. The van der Waals surface area contributed by atoms with Crippen molar-refractivity contribution in [3.8, 4) is 0 Å². The van der Waals surface area contributed by atoms with E-state index < -0.39 is 0 Å². The summed E-state index contributed by atoms with van der Waals surface area (Å²) in [5, 5.41) is 7.31. The highest BCUT2D eigenvalue weighted by molar-refractivity contribution is 5.33. The summed E-state index contributed by atoms with van der Waals surface area (Å²) in [5.74, 6) is 0.996. The third kappa shape index (κ3) is 1.90. The van der Waals surface area contributed by atoms with Gasteiger partial charge in [-0.3, -0.25) is 9.67 Å². The first-order valence-electron chi connectivity index (χ1n) is 4.48. The second-order valence-electron chi connectivity index (χ2n) is 3.01. The van der Waals surface area contributed by atoms with Crippen LogP contribution in [0.1, 0.15) is 5.69 Å². The molecular formula is C10H12N4. The number of nitrogens with one attached hydrogen (secondary N) is 1. The first-order chi connectivity index (χ1) is 6.86. The zero-order chi connectivity index (χ0) is 9.80. The Morgan fingerprint density at radius 2 is 2.21 bits per heavy atom. The van der Waals surface area contributed by atoms with Gasteiger partial charge in [-0.25, -0.2) is 0 Å². The number of aromatic nitrogens is 3. The van der Waals surface area contributed by atoms with E-state index in [2.05, 4.69) is 15.4 Å². The van der Waals surface area contributed by atoms with Gasteiger partial charge in [0.25, 0.3) is 0 Å². The van der Waals surface area contributed by atoms with Crippen LogP contribution in [0.15, 0.2) is 36.7 Å². The number of aryl methyl sites for hydroxylation is 1. The number of pyridine rings is 1. The molecule has 4 heteroatoms. The molecule has 72 valence electrons. The van der Waals surface area contributed by atoms with Gasteiger partial charge in [0.05, 0.1) is 18.4 Å². The Morgan fingerprint density at radius 1 is 1.29 bits per heavy atom. The Hall–Kier alpha value is -1.84. The van der Waals surface area contributed by atoms with E-state index in [1.807, 2.05) is 31.3 Å². The smallest absolute Gasteiger partial charge is 0.124 e. The van der Waals surface area contributed by atoms with Crippen molar-refractivity contribution in [3.63, 3.8) is 0 Å². The third-order valence-corrected chi connectivity index (χ3v) is 2.00. The van der Waals surface area contributed by atoms with Gasteiger partial charge in [-0.05, 0) is 12.1 Å². The molecule has 0 aromatic carbocycles. The molecule has 2 aromatic rings. The zero-order valence-corrected chi connectivity index (χ0v) is 8.01. The van der Waals surface area contributed by atoms with E-state index in [4.69, 9.17) is 0 Å². The lowest BCUT2D eigenvalue weighted by Crippen LogP contribution is -2.05. The topological polar surface area (TPSA) is 42.7 Å². The quantitative estimate of drug-likeness (QED) is 0.792. The molecule has 0 spiro atoms. The molecule has 2 heterocycles. The minimum atomic E-state index is 0.723. The van der Waals surface area contributed by atoms with E-state index in [-0.39, 0.29) is 0 Å². The van der Waals surface area contributed by atoms with E-state index in [1.165, 1.54) is 0 Å². The molecule has 2 rings (SSSR count). The van der Waals surface area contributed by atoms with Crippen LogP contribution >= 0.6 is 0 Å². The predicted molar refractivity (Wildman–Crippen MR) is 54.8 cm³/mol. The first-order valence-corrected chi connectivity index (χ1v) is 4.48. The fraction of sp³-hybridized carbons (Fsp3) is 0.200. The summed E-state index contributed by atoms with van der Waals surface area (Å²) in [7, 11) is 1.90. The molecule has 2 aromatic heterocycles. The molecule has 0 fully saturated rings. The molecule has 0 aliphatic rings. The second kappa shape index (κ2) is 3.91. The van der Waals surface area contributed by atoms with Crippen LogP contribution in [0, 0.1) is 0 Å². The van der Waals surface area contributed by atoms with Crippen LogP contribution < -0.4 is 5.32 Å². The van der Waals surface area contributed by atoms with Crippen LogP contribution in [0.3, 0.4) is 0 Å². The standard InChI is InChI=1S/C10H12N4/c1-14-10(5-7-13-14)12-8-9-4-2-3-6-11-9/h2-7,12H,8H2,1H3. The van der Waals surface area contributed by atoms with Gasteiger partial charge in [0, 0.05) is 19.3 Å². The molecule has 0 radical (unpaired) electrons. The van der Waals surface area contributed by atoms with E-state index in [9.17, 15) is 0 Å². The van der Waals surface area contributed by atoms with E-state index >= 15 is 0 Å². The molecule has 0 atom stereocenters. The van der Waals surface area contributed by atoms with E-state index in [0.29, 0.717) is 0 Å². The Kier molecular flexibility index (Phi) is 2.44. The molecule has 0 bridgehead atoms. The van der Waals surface area contributed by atoms with Crippen LogP contribution in [-0.4, -0.2) is 14.8 Å². The van der Waals surface area contributed by atoms with Crippen LogP contribution in [0.25, 0.3) is 0 Å². The average molecular weight is 188 g/mol. The van der Waals surface area contributed by atoms with Crippen molar-refractivity contribution >= 4 is 5.82 Å². The zero-order valence-electron chi connectivity index (χ0n) is 8.01. The van der Waals surface area contributed by atoms with E-state index in [1.54, 1.807) is 17.1 Å². The summed E-state index contributed by atoms with van der Waals surface area (Å²) in [5.41, 5.74) is 1.02. The Labute approximate surface area is 82.6 Å². The number of anilines is 1. The Bertz CT molecular complexity index is 394. The van der Waals surface area contributed by atoms with Crippen molar-refractivity contribution in [2.45, 2.75) is 6.54 Å². The number of rotatable bonds is 3. The van der Waals surface area contributed by atoms with Crippen molar-refractivity contribution in [3.05, 3.63) is 42.4 Å². The van der Waals surface area contributed by atoms with Crippen molar-refractivity contribution in [1.29, 1.82) is 0 Å². The minimum absolute atomic E-state index is 0.723. The highest BCUT2D eigenvalue weighted by Crippen LogP contribution is 2.05. The maximum atomic E-state index is 4.22. The van der Waals surface area contributed by atoms with Crippen molar-refractivity contribution in [2.24, 2.45) is 7.05 Å². The summed E-state index contributed by atoms with van der Waals surface area (Å²) in [6, 6.07) is 7.81. The number of hydrogen-bond donors (Lipinski definition) is 1. The van der Waals surface area contributed by atoms with Crippen molar-refractivity contribution in [2.75, 3.05) is 5.32 Å². The molecule has 0 aliphatic heterocycles. The van der Waals surface area contributed by atoms with Gasteiger partial charge in [-0.1, -0.05) is 6.07 Å². The third-order valence-electron chi connectivity index (χ3n) is 2.00. The maximum Gasteiger partial charge on any atom is 0.124 e. The fourth-order valence-electron chi connectivity index (χ4n) is 1.23. The Balaban J connectivity index is 1.99. The molecule has 4 nitrogen and oxygen atoms in total. The predicted octanol–water partition coefficient (Wildman–Crippen LogP) is 1.43. The van der Waals surface area contributed by atoms with Gasteiger partial charge < -0.3 is 5.32 Å². The van der Waals surface area contributed by atoms with Gasteiger partial charge in [0.15, 0.2) is 0 Å². The van der Waals surface area contributed by atoms with Crippen LogP contribution in [0.5, 0.6) is 0 Å². The van der Waals surface area contributed by atoms with Gasteiger partial charge in [-0.15, -0.1) is 0 Å². The molecule has 0 aliphatic carbocycles. The highest BCUT2D eigenvalue weighted by atomic mass is 15.3. The van der Waals surface area contributed by atoms with Crippen LogP contribution in [0.2, 0.25) is 0 Å². The number of hydrogen-bond acceptors (Lipinski definition) is 3. The highest BCUT2D eigenvalue weighted by Gasteiger charge is 1.97. The largest absolute Gasteiger partial charge is 0.365 e. The van der Waals surface area contributed by atoms with Gasteiger partial charge >= 0.3 is 0 Å². The lowest BCUT2D eigenvalue weighted by Gasteiger charge is -2.04. The molecular weight excluding hydrogens is 176 g/mol. The van der Waals surface area contributed by atoms with Crippen molar-refractivity contribution < 1.29 is 0 Å². The summed E-state index contributed by atoms with van der Waals surface area (Å²) in [4.78, 5) is 4.22. The lowest BCUT2D eigenvalue weighted by molar-refractivity contribution is 0.767. The summed E-state index contributed by atoms with van der Waals surface area (Å²) in [6.07, 6.45) is 3.56. The SMILES string of the molecule is Cn1nccc1NCc1ccccn1. The Morgan fingerprint density at radius 3 is 2.86 bits per heavy atom. The number of nitrogens with zero attached hydrogens (tertiary/aromatic N) is 3. The molecule has 0 unspecified atom stereocenters. The normalized spacial score (nSPS) is 10.1. The minimum Gasteiger partial charge on any atom is -0.365 e. The van der Waals surface area contributed by atoms with Crippen LogP contribution in [0.4, 0.5) is 5.82 Å². The van der Waals surface area contributed by atoms with Gasteiger partial charge in [0.2, 0.25) is 0 Å². The maximum absolute atomic E-state index is 4.22. The second-order valence-corrected chi connectivity index (χ2v) is 3.01. The summed E-state index contributed by atoms with van der Waals surface area (Å²) in [6.45, 7) is 0.723.